The molecule has 4 heteroatoms. The minimum atomic E-state index is 0.0583. The van der Waals surface area contributed by atoms with Crippen LogP contribution in [0.3, 0.4) is 0 Å². The molecule has 1 saturated heterocycles. The number of piperidine rings is 1. The molecule has 3 N–H and O–H groups in total. The number of anilines is 2. The number of rotatable bonds is 3. The largest absolute Gasteiger partial charge is 0.399 e. The maximum Gasteiger partial charge on any atom is 0.238 e. The predicted molar refractivity (Wildman–Crippen MR) is 86.1 cm³/mol. The van der Waals surface area contributed by atoms with Crippen molar-refractivity contribution in [1.29, 1.82) is 0 Å². The van der Waals surface area contributed by atoms with E-state index in [0.29, 0.717) is 17.6 Å². The van der Waals surface area contributed by atoms with Crippen LogP contribution in [0.4, 0.5) is 11.4 Å². The zero-order valence-electron chi connectivity index (χ0n) is 12.6. The lowest BCUT2D eigenvalue weighted by atomic mass is 9.77. The summed E-state index contributed by atoms with van der Waals surface area (Å²) in [6, 6.07) is 7.34. The fraction of sp³-hybridized carbons (Fsp3) is 0.588. The maximum atomic E-state index is 12.1. The van der Waals surface area contributed by atoms with Gasteiger partial charge in [-0.1, -0.05) is 18.9 Å². The molecule has 2 aliphatic rings. The third kappa shape index (κ3) is 3.56. The Balaban J connectivity index is 1.47. The Bertz CT molecular complexity index is 499. The molecule has 1 aromatic carbocycles. The van der Waals surface area contributed by atoms with Crippen LogP contribution in [-0.4, -0.2) is 30.4 Å². The number of hydrogen-bond donors (Lipinski definition) is 2. The highest BCUT2D eigenvalue weighted by Gasteiger charge is 2.37. The third-order valence-electron chi connectivity index (χ3n) is 5.12. The SMILES string of the molecule is Nc1cccc(NC(=O)CN2CCC3(CCCC3)CC2)c1. The molecule has 1 aliphatic heterocycles. The molecule has 1 spiro atoms. The van der Waals surface area contributed by atoms with Gasteiger partial charge in [-0.05, 0) is 62.4 Å². The molecule has 2 fully saturated rings. The smallest absolute Gasteiger partial charge is 0.238 e. The van der Waals surface area contributed by atoms with Gasteiger partial charge in [0.2, 0.25) is 5.91 Å². The van der Waals surface area contributed by atoms with Crippen molar-refractivity contribution in [2.45, 2.75) is 38.5 Å². The van der Waals surface area contributed by atoms with E-state index in [1.54, 1.807) is 6.07 Å². The molecule has 1 amide bonds. The van der Waals surface area contributed by atoms with Gasteiger partial charge in [-0.15, -0.1) is 0 Å². The Kier molecular flexibility index (Phi) is 4.15. The molecule has 1 heterocycles. The first-order valence-electron chi connectivity index (χ1n) is 8.03. The van der Waals surface area contributed by atoms with E-state index in [1.165, 1.54) is 38.5 Å². The number of likely N-dealkylation sites (tertiary alicyclic amines) is 1. The van der Waals surface area contributed by atoms with Crippen LogP contribution < -0.4 is 11.1 Å². The molecule has 4 nitrogen and oxygen atoms in total. The van der Waals surface area contributed by atoms with Crippen molar-refractivity contribution in [2.75, 3.05) is 30.7 Å². The fourth-order valence-electron chi connectivity index (χ4n) is 3.83. The lowest BCUT2D eigenvalue weighted by molar-refractivity contribution is -0.117. The van der Waals surface area contributed by atoms with Gasteiger partial charge in [-0.25, -0.2) is 0 Å². The first-order chi connectivity index (χ1) is 10.2. The quantitative estimate of drug-likeness (QED) is 0.840. The van der Waals surface area contributed by atoms with Crippen LogP contribution in [0, 0.1) is 5.41 Å². The third-order valence-corrected chi connectivity index (χ3v) is 5.12. The lowest BCUT2D eigenvalue weighted by Gasteiger charge is -2.39. The van der Waals surface area contributed by atoms with E-state index in [1.807, 2.05) is 18.2 Å². The van der Waals surface area contributed by atoms with E-state index in [4.69, 9.17) is 5.73 Å². The molecule has 0 bridgehead atoms. The van der Waals surface area contributed by atoms with Crippen LogP contribution in [0.25, 0.3) is 0 Å². The van der Waals surface area contributed by atoms with Crippen molar-refractivity contribution < 1.29 is 4.79 Å². The zero-order chi connectivity index (χ0) is 14.7. The topological polar surface area (TPSA) is 58.4 Å². The zero-order valence-corrected chi connectivity index (χ0v) is 12.6. The number of amides is 1. The van der Waals surface area contributed by atoms with E-state index < -0.39 is 0 Å². The van der Waals surface area contributed by atoms with E-state index in [-0.39, 0.29) is 5.91 Å². The van der Waals surface area contributed by atoms with Crippen LogP contribution in [0.15, 0.2) is 24.3 Å². The summed E-state index contributed by atoms with van der Waals surface area (Å²) in [7, 11) is 0. The highest BCUT2D eigenvalue weighted by atomic mass is 16.2. The Labute approximate surface area is 126 Å². The molecular formula is C17H25N3O. The number of carbonyl (C=O) groups is 1. The second-order valence-electron chi connectivity index (χ2n) is 6.66. The number of nitrogen functional groups attached to an aromatic ring is 1. The second-order valence-corrected chi connectivity index (χ2v) is 6.66. The Morgan fingerprint density at radius 3 is 2.57 bits per heavy atom. The van der Waals surface area contributed by atoms with Crippen molar-refractivity contribution in [2.24, 2.45) is 5.41 Å². The van der Waals surface area contributed by atoms with Gasteiger partial charge in [-0.2, -0.15) is 0 Å². The van der Waals surface area contributed by atoms with Gasteiger partial charge in [0.05, 0.1) is 6.54 Å². The number of nitrogens with zero attached hydrogens (tertiary/aromatic N) is 1. The maximum absolute atomic E-state index is 12.1. The Hall–Kier alpha value is -1.55. The average Bonchev–Trinajstić information content (AvgIpc) is 2.90. The van der Waals surface area contributed by atoms with Gasteiger partial charge in [0.25, 0.3) is 0 Å². The number of benzene rings is 1. The molecule has 0 unspecified atom stereocenters. The summed E-state index contributed by atoms with van der Waals surface area (Å²) < 4.78 is 0. The normalized spacial score (nSPS) is 21.5. The van der Waals surface area contributed by atoms with E-state index in [9.17, 15) is 4.79 Å². The molecule has 3 rings (SSSR count). The van der Waals surface area contributed by atoms with Crippen LogP contribution >= 0.6 is 0 Å². The van der Waals surface area contributed by atoms with Crippen molar-refractivity contribution in [3.05, 3.63) is 24.3 Å². The first kappa shape index (κ1) is 14.4. The number of nitrogens with one attached hydrogen (secondary N) is 1. The molecule has 21 heavy (non-hydrogen) atoms. The minimum absolute atomic E-state index is 0.0583. The summed E-state index contributed by atoms with van der Waals surface area (Å²) in [5.74, 6) is 0.0583. The molecule has 0 atom stereocenters. The van der Waals surface area contributed by atoms with Crippen molar-refractivity contribution >= 4 is 17.3 Å². The van der Waals surface area contributed by atoms with Crippen LogP contribution in [0.1, 0.15) is 38.5 Å². The van der Waals surface area contributed by atoms with Crippen molar-refractivity contribution in [1.82, 2.24) is 4.90 Å². The summed E-state index contributed by atoms with van der Waals surface area (Å²) in [4.78, 5) is 14.4. The fourth-order valence-corrected chi connectivity index (χ4v) is 3.83. The molecular weight excluding hydrogens is 262 g/mol. The van der Waals surface area contributed by atoms with Gasteiger partial charge in [0, 0.05) is 11.4 Å². The lowest BCUT2D eigenvalue weighted by Crippen LogP contribution is -2.42. The number of hydrogen-bond acceptors (Lipinski definition) is 3. The predicted octanol–water partition coefficient (Wildman–Crippen LogP) is 2.86. The molecule has 1 aromatic rings. The summed E-state index contributed by atoms with van der Waals surface area (Å²) in [6.45, 7) is 2.61. The minimum Gasteiger partial charge on any atom is -0.399 e. The van der Waals surface area contributed by atoms with E-state index in [2.05, 4.69) is 10.2 Å². The van der Waals surface area contributed by atoms with Gasteiger partial charge < -0.3 is 11.1 Å². The summed E-state index contributed by atoms with van der Waals surface area (Å²) in [6.07, 6.45) is 8.12. The monoisotopic (exact) mass is 287 g/mol. The number of nitrogens with two attached hydrogens (primary N) is 1. The van der Waals surface area contributed by atoms with Gasteiger partial charge >= 0.3 is 0 Å². The van der Waals surface area contributed by atoms with Gasteiger partial charge in [0.1, 0.15) is 0 Å². The van der Waals surface area contributed by atoms with E-state index >= 15 is 0 Å². The number of carbonyl (C=O) groups excluding carboxylic acids is 1. The highest BCUT2D eigenvalue weighted by Crippen LogP contribution is 2.45. The molecule has 0 radical (unpaired) electrons. The summed E-state index contributed by atoms with van der Waals surface area (Å²) in [5, 5.41) is 2.93. The van der Waals surface area contributed by atoms with Crippen LogP contribution in [-0.2, 0) is 4.79 Å². The van der Waals surface area contributed by atoms with Crippen molar-refractivity contribution in [3.63, 3.8) is 0 Å². The molecule has 1 saturated carbocycles. The highest BCUT2D eigenvalue weighted by molar-refractivity contribution is 5.92. The van der Waals surface area contributed by atoms with E-state index in [0.717, 1.165) is 18.8 Å². The average molecular weight is 287 g/mol. The van der Waals surface area contributed by atoms with Crippen LogP contribution in [0.5, 0.6) is 0 Å². The van der Waals surface area contributed by atoms with Crippen LogP contribution in [0.2, 0.25) is 0 Å². The Morgan fingerprint density at radius 2 is 1.90 bits per heavy atom. The second kappa shape index (κ2) is 6.06. The summed E-state index contributed by atoms with van der Waals surface area (Å²) in [5.41, 5.74) is 7.79. The first-order valence-corrected chi connectivity index (χ1v) is 8.03. The standard InChI is InChI=1S/C17H25N3O/c18-14-4-3-5-15(12-14)19-16(21)13-20-10-8-17(9-11-20)6-1-2-7-17/h3-5,12H,1-2,6-11,13,18H2,(H,19,21). The van der Waals surface area contributed by atoms with Gasteiger partial charge in [-0.3, -0.25) is 9.69 Å². The Morgan fingerprint density at radius 1 is 1.19 bits per heavy atom. The molecule has 114 valence electrons. The van der Waals surface area contributed by atoms with Gasteiger partial charge in [0.15, 0.2) is 0 Å². The van der Waals surface area contributed by atoms with Crippen molar-refractivity contribution in [3.8, 4) is 0 Å². The molecule has 1 aliphatic carbocycles. The summed E-state index contributed by atoms with van der Waals surface area (Å²) >= 11 is 0. The molecule has 0 aromatic heterocycles.